The van der Waals surface area contributed by atoms with Gasteiger partial charge in [-0.15, -0.1) is 0 Å². The summed E-state index contributed by atoms with van der Waals surface area (Å²) in [5.41, 5.74) is -0.293. The molecule has 0 atom stereocenters. The summed E-state index contributed by atoms with van der Waals surface area (Å²) in [5, 5.41) is 9.03. The molecule has 1 fully saturated rings. The molecular formula is C14H18BNO4S. The van der Waals surface area contributed by atoms with E-state index >= 15 is 0 Å². The van der Waals surface area contributed by atoms with Gasteiger partial charge in [0, 0.05) is 6.26 Å². The van der Waals surface area contributed by atoms with Crippen molar-refractivity contribution in [2.75, 3.05) is 6.26 Å². The van der Waals surface area contributed by atoms with Crippen LogP contribution in [0.25, 0.3) is 0 Å². The van der Waals surface area contributed by atoms with Crippen molar-refractivity contribution >= 4 is 22.4 Å². The Morgan fingerprint density at radius 2 is 1.67 bits per heavy atom. The molecule has 0 bridgehead atoms. The van der Waals surface area contributed by atoms with E-state index in [1.807, 2.05) is 33.8 Å². The van der Waals surface area contributed by atoms with Crippen LogP contribution in [0.5, 0.6) is 0 Å². The van der Waals surface area contributed by atoms with Crippen molar-refractivity contribution in [1.29, 1.82) is 5.26 Å². The molecule has 0 aliphatic carbocycles. The Kier molecular flexibility index (Phi) is 3.69. The van der Waals surface area contributed by atoms with Crippen LogP contribution in [0.15, 0.2) is 23.1 Å². The van der Waals surface area contributed by atoms with Gasteiger partial charge in [0.25, 0.3) is 0 Å². The second-order valence-electron chi connectivity index (χ2n) is 6.23. The first-order chi connectivity index (χ1) is 9.48. The van der Waals surface area contributed by atoms with Crippen LogP contribution in [-0.2, 0) is 19.1 Å². The van der Waals surface area contributed by atoms with Gasteiger partial charge in [-0.3, -0.25) is 0 Å². The quantitative estimate of drug-likeness (QED) is 0.769. The second-order valence-corrected chi connectivity index (χ2v) is 8.21. The summed E-state index contributed by atoms with van der Waals surface area (Å²) in [6.45, 7) is 7.70. The van der Waals surface area contributed by atoms with E-state index in [0.29, 0.717) is 5.46 Å². The van der Waals surface area contributed by atoms with Gasteiger partial charge in [-0.1, -0.05) is 6.07 Å². The number of nitriles is 1. The molecule has 2 rings (SSSR count). The first kappa shape index (κ1) is 16.0. The third-order valence-electron chi connectivity index (χ3n) is 4.05. The first-order valence-corrected chi connectivity index (χ1v) is 8.47. The van der Waals surface area contributed by atoms with Gasteiger partial charge in [-0.25, -0.2) is 8.42 Å². The van der Waals surface area contributed by atoms with E-state index in [-0.39, 0.29) is 10.5 Å². The van der Waals surface area contributed by atoms with Gasteiger partial charge in [0.05, 0.1) is 21.7 Å². The molecule has 0 radical (unpaired) electrons. The van der Waals surface area contributed by atoms with Crippen molar-refractivity contribution in [3.63, 3.8) is 0 Å². The number of sulfone groups is 1. The van der Waals surface area contributed by atoms with Crippen molar-refractivity contribution in [3.8, 4) is 6.07 Å². The summed E-state index contributed by atoms with van der Waals surface area (Å²) in [7, 11) is -4.14. The van der Waals surface area contributed by atoms with Gasteiger partial charge in [0.1, 0.15) is 6.07 Å². The molecule has 1 aliphatic heterocycles. The Bertz CT molecular complexity index is 703. The average Bonchev–Trinajstić information content (AvgIpc) is 2.56. The minimum atomic E-state index is -3.49. The summed E-state index contributed by atoms with van der Waals surface area (Å²) in [4.78, 5) is -0.00258. The Morgan fingerprint density at radius 3 is 2.10 bits per heavy atom. The fourth-order valence-electron chi connectivity index (χ4n) is 2.06. The monoisotopic (exact) mass is 307 g/mol. The smallest absolute Gasteiger partial charge is 0.399 e. The number of benzene rings is 1. The number of rotatable bonds is 2. The van der Waals surface area contributed by atoms with Crippen LogP contribution in [0.3, 0.4) is 0 Å². The SMILES string of the molecule is CC1(C)OB(c2ccc(C#N)c(S(C)(=O)=O)c2)OC1(C)C. The average molecular weight is 307 g/mol. The topological polar surface area (TPSA) is 76.4 Å². The zero-order valence-electron chi connectivity index (χ0n) is 12.8. The van der Waals surface area contributed by atoms with Crippen molar-refractivity contribution in [3.05, 3.63) is 23.8 Å². The van der Waals surface area contributed by atoms with Crippen molar-refractivity contribution in [1.82, 2.24) is 0 Å². The third-order valence-corrected chi connectivity index (χ3v) is 5.19. The summed E-state index contributed by atoms with van der Waals surface area (Å²) in [5.74, 6) is 0. The molecule has 1 aromatic rings. The van der Waals surface area contributed by atoms with Crippen LogP contribution in [0.4, 0.5) is 0 Å². The molecule has 1 heterocycles. The minimum absolute atomic E-state index is 0.00258. The minimum Gasteiger partial charge on any atom is -0.399 e. The normalized spacial score (nSPS) is 20.3. The number of hydrogen-bond donors (Lipinski definition) is 0. The molecule has 1 saturated heterocycles. The molecule has 1 aliphatic rings. The van der Waals surface area contributed by atoms with E-state index < -0.39 is 28.2 Å². The highest BCUT2D eigenvalue weighted by molar-refractivity contribution is 7.90. The lowest BCUT2D eigenvalue weighted by Crippen LogP contribution is -2.41. The predicted octanol–water partition coefficient (Wildman–Crippen LogP) is 1.26. The molecule has 0 unspecified atom stereocenters. The van der Waals surface area contributed by atoms with Crippen molar-refractivity contribution in [2.24, 2.45) is 0 Å². The van der Waals surface area contributed by atoms with Crippen molar-refractivity contribution < 1.29 is 17.7 Å². The maximum Gasteiger partial charge on any atom is 0.494 e. The molecule has 0 N–H and O–H groups in total. The lowest BCUT2D eigenvalue weighted by molar-refractivity contribution is 0.00578. The highest BCUT2D eigenvalue weighted by Gasteiger charge is 2.51. The molecule has 0 spiro atoms. The third kappa shape index (κ3) is 2.84. The van der Waals surface area contributed by atoms with E-state index in [1.165, 1.54) is 12.1 Å². The Morgan fingerprint density at radius 1 is 1.14 bits per heavy atom. The highest BCUT2D eigenvalue weighted by atomic mass is 32.2. The first-order valence-electron chi connectivity index (χ1n) is 6.58. The van der Waals surface area contributed by atoms with E-state index in [4.69, 9.17) is 14.6 Å². The fourth-order valence-corrected chi connectivity index (χ4v) is 2.93. The molecule has 5 nitrogen and oxygen atoms in total. The molecule has 1 aromatic carbocycles. The Hall–Kier alpha value is -1.36. The summed E-state index contributed by atoms with van der Waals surface area (Å²) < 4.78 is 35.4. The van der Waals surface area contributed by atoms with Crippen LogP contribution >= 0.6 is 0 Å². The fraction of sp³-hybridized carbons (Fsp3) is 0.500. The molecule has 112 valence electrons. The van der Waals surface area contributed by atoms with E-state index in [1.54, 1.807) is 6.07 Å². The van der Waals surface area contributed by atoms with Crippen LogP contribution in [0.2, 0.25) is 0 Å². The standard InChI is InChI=1S/C14H18BNO4S/c1-13(2)14(3,4)20-15(19-13)11-7-6-10(9-16)12(8-11)21(5,17)18/h6-8H,1-5H3. The second kappa shape index (κ2) is 4.84. The number of nitrogens with zero attached hydrogens (tertiary/aromatic N) is 1. The lowest BCUT2D eigenvalue weighted by atomic mass is 9.79. The summed E-state index contributed by atoms with van der Waals surface area (Å²) in [6.07, 6.45) is 1.08. The Labute approximate surface area is 125 Å². The largest absolute Gasteiger partial charge is 0.494 e. The molecule has 21 heavy (non-hydrogen) atoms. The van der Waals surface area contributed by atoms with Crippen LogP contribution in [-0.4, -0.2) is 33.0 Å². The van der Waals surface area contributed by atoms with Gasteiger partial charge >= 0.3 is 7.12 Å². The van der Waals surface area contributed by atoms with E-state index in [0.717, 1.165) is 6.26 Å². The van der Waals surface area contributed by atoms with Crippen LogP contribution in [0, 0.1) is 11.3 Å². The molecule has 7 heteroatoms. The van der Waals surface area contributed by atoms with Gasteiger partial charge in [0.2, 0.25) is 0 Å². The van der Waals surface area contributed by atoms with Crippen LogP contribution in [0.1, 0.15) is 33.3 Å². The van der Waals surface area contributed by atoms with Gasteiger partial charge in [0.15, 0.2) is 9.84 Å². The molecule has 0 saturated carbocycles. The zero-order chi connectivity index (χ0) is 16.1. The van der Waals surface area contributed by atoms with Crippen molar-refractivity contribution in [2.45, 2.75) is 43.8 Å². The number of hydrogen-bond acceptors (Lipinski definition) is 5. The zero-order valence-corrected chi connectivity index (χ0v) is 13.6. The predicted molar refractivity (Wildman–Crippen MR) is 80.0 cm³/mol. The lowest BCUT2D eigenvalue weighted by Gasteiger charge is -2.32. The highest BCUT2D eigenvalue weighted by Crippen LogP contribution is 2.36. The van der Waals surface area contributed by atoms with Gasteiger partial charge in [-0.05, 0) is 45.3 Å². The van der Waals surface area contributed by atoms with Gasteiger partial charge < -0.3 is 9.31 Å². The van der Waals surface area contributed by atoms with Gasteiger partial charge in [-0.2, -0.15) is 5.26 Å². The summed E-state index contributed by atoms with van der Waals surface area (Å²) >= 11 is 0. The van der Waals surface area contributed by atoms with E-state index in [9.17, 15) is 8.42 Å². The van der Waals surface area contributed by atoms with E-state index in [2.05, 4.69) is 0 Å². The Balaban J connectivity index is 2.47. The van der Waals surface area contributed by atoms with Crippen LogP contribution < -0.4 is 5.46 Å². The summed E-state index contributed by atoms with van der Waals surface area (Å²) in [6, 6.07) is 6.49. The maximum atomic E-state index is 11.8. The maximum absolute atomic E-state index is 11.8. The molecule has 0 aromatic heterocycles. The molecule has 0 amide bonds. The molecular weight excluding hydrogens is 289 g/mol.